The number of carboxylic acid groups (broad SMARTS) is 1. The number of hydrogen-bond acceptors (Lipinski definition) is 3. The van der Waals surface area contributed by atoms with E-state index < -0.39 is 18.1 Å². The molecule has 1 amide bonds. The van der Waals surface area contributed by atoms with Gasteiger partial charge in [-0.15, -0.1) is 0 Å². The summed E-state index contributed by atoms with van der Waals surface area (Å²) >= 11 is 0. The molecule has 0 saturated heterocycles. The van der Waals surface area contributed by atoms with Gasteiger partial charge in [0.05, 0.1) is 0 Å². The number of carboxylic acids is 1. The number of hydrogen-bond donors (Lipinski definition) is 1. The molecule has 5 nitrogen and oxygen atoms in total. The number of rotatable bonds is 8. The normalized spacial score (nSPS) is 11.7. The third-order valence-corrected chi connectivity index (χ3v) is 3.27. The second-order valence-corrected chi connectivity index (χ2v) is 4.82. The first-order chi connectivity index (χ1) is 10.1. The van der Waals surface area contributed by atoms with Crippen LogP contribution in [-0.4, -0.2) is 34.7 Å². The highest BCUT2D eigenvalue weighted by Crippen LogP contribution is 2.12. The summed E-state index contributed by atoms with van der Waals surface area (Å²) < 4.78 is 5.22. The standard InChI is InChI=1S/C16H23NO4/c1-3-5-11-14(15(18)19)17(4-2)16(20)21-12-13-9-7-6-8-10-13/h6-10,14H,3-5,11-12H2,1-2H3,(H,18,19). The summed E-state index contributed by atoms with van der Waals surface area (Å²) in [6.07, 6.45) is 1.52. The van der Waals surface area contributed by atoms with Crippen molar-refractivity contribution in [1.82, 2.24) is 4.90 Å². The van der Waals surface area contributed by atoms with Gasteiger partial charge in [0.2, 0.25) is 0 Å². The van der Waals surface area contributed by atoms with Gasteiger partial charge in [-0.05, 0) is 18.9 Å². The summed E-state index contributed by atoms with van der Waals surface area (Å²) in [7, 11) is 0. The van der Waals surface area contributed by atoms with Crippen LogP contribution in [0.2, 0.25) is 0 Å². The van der Waals surface area contributed by atoms with Crippen LogP contribution in [-0.2, 0) is 16.1 Å². The Hall–Kier alpha value is -2.04. The molecule has 0 aliphatic heterocycles. The van der Waals surface area contributed by atoms with E-state index in [2.05, 4.69) is 0 Å². The molecule has 0 radical (unpaired) electrons. The molecule has 1 unspecified atom stereocenters. The zero-order valence-electron chi connectivity index (χ0n) is 12.6. The van der Waals surface area contributed by atoms with Crippen molar-refractivity contribution in [3.63, 3.8) is 0 Å². The number of carbonyl (C=O) groups is 2. The lowest BCUT2D eigenvalue weighted by atomic mass is 10.1. The monoisotopic (exact) mass is 293 g/mol. The van der Waals surface area contributed by atoms with Crippen LogP contribution in [0.25, 0.3) is 0 Å². The van der Waals surface area contributed by atoms with Gasteiger partial charge in [0.15, 0.2) is 0 Å². The Morgan fingerprint density at radius 2 is 1.90 bits per heavy atom. The van der Waals surface area contributed by atoms with Gasteiger partial charge >= 0.3 is 12.1 Å². The minimum atomic E-state index is -0.984. The molecule has 0 aromatic heterocycles. The topological polar surface area (TPSA) is 66.8 Å². The number of ether oxygens (including phenoxy) is 1. The van der Waals surface area contributed by atoms with Crippen LogP contribution in [0.5, 0.6) is 0 Å². The SMILES string of the molecule is CCCCC(C(=O)O)N(CC)C(=O)OCc1ccccc1. The maximum atomic E-state index is 12.1. The van der Waals surface area contributed by atoms with Crippen molar-refractivity contribution >= 4 is 12.1 Å². The second kappa shape index (κ2) is 9.00. The summed E-state index contributed by atoms with van der Waals surface area (Å²) in [5.74, 6) is -0.984. The largest absolute Gasteiger partial charge is 0.480 e. The molecule has 0 fully saturated rings. The highest BCUT2D eigenvalue weighted by Gasteiger charge is 2.28. The molecule has 0 bridgehead atoms. The first kappa shape index (κ1) is 17.0. The predicted octanol–water partition coefficient (Wildman–Crippen LogP) is 3.29. The van der Waals surface area contributed by atoms with E-state index in [1.807, 2.05) is 37.3 Å². The van der Waals surface area contributed by atoms with Crippen molar-refractivity contribution in [1.29, 1.82) is 0 Å². The third-order valence-electron chi connectivity index (χ3n) is 3.27. The lowest BCUT2D eigenvalue weighted by molar-refractivity contribution is -0.143. The Morgan fingerprint density at radius 1 is 1.24 bits per heavy atom. The van der Waals surface area contributed by atoms with E-state index in [0.29, 0.717) is 13.0 Å². The van der Waals surface area contributed by atoms with Crippen LogP contribution in [0.15, 0.2) is 30.3 Å². The van der Waals surface area contributed by atoms with E-state index in [1.54, 1.807) is 6.92 Å². The van der Waals surface area contributed by atoms with Gasteiger partial charge in [0, 0.05) is 6.54 Å². The van der Waals surface area contributed by atoms with Crippen LogP contribution in [0.1, 0.15) is 38.7 Å². The summed E-state index contributed by atoms with van der Waals surface area (Å²) in [5.41, 5.74) is 0.877. The first-order valence-corrected chi connectivity index (χ1v) is 7.30. The molecular weight excluding hydrogens is 270 g/mol. The van der Waals surface area contributed by atoms with Gasteiger partial charge < -0.3 is 9.84 Å². The minimum absolute atomic E-state index is 0.149. The Kier molecular flexibility index (Phi) is 7.29. The van der Waals surface area contributed by atoms with Gasteiger partial charge in [-0.25, -0.2) is 9.59 Å². The van der Waals surface area contributed by atoms with Crippen molar-refractivity contribution in [2.75, 3.05) is 6.54 Å². The molecule has 0 aliphatic rings. The quantitative estimate of drug-likeness (QED) is 0.798. The summed E-state index contributed by atoms with van der Waals surface area (Å²) in [6, 6.07) is 8.50. The molecule has 1 rings (SSSR count). The van der Waals surface area contributed by atoms with E-state index in [1.165, 1.54) is 4.90 Å². The van der Waals surface area contributed by atoms with Gasteiger partial charge in [0.1, 0.15) is 12.6 Å². The smallest absolute Gasteiger partial charge is 0.410 e. The summed E-state index contributed by atoms with van der Waals surface area (Å²) in [5, 5.41) is 9.29. The molecule has 21 heavy (non-hydrogen) atoms. The maximum absolute atomic E-state index is 12.1. The zero-order valence-corrected chi connectivity index (χ0v) is 12.6. The number of unbranched alkanes of at least 4 members (excludes halogenated alkanes) is 1. The molecule has 0 saturated carbocycles. The number of aliphatic carboxylic acids is 1. The van der Waals surface area contributed by atoms with Crippen molar-refractivity contribution < 1.29 is 19.4 Å². The summed E-state index contributed by atoms with van der Waals surface area (Å²) in [4.78, 5) is 24.7. The first-order valence-electron chi connectivity index (χ1n) is 7.30. The van der Waals surface area contributed by atoms with Crippen molar-refractivity contribution in [3.05, 3.63) is 35.9 Å². The van der Waals surface area contributed by atoms with Gasteiger partial charge in [-0.2, -0.15) is 0 Å². The number of nitrogens with zero attached hydrogens (tertiary/aromatic N) is 1. The lowest BCUT2D eigenvalue weighted by Crippen LogP contribution is -2.45. The average molecular weight is 293 g/mol. The fraction of sp³-hybridized carbons (Fsp3) is 0.500. The Labute approximate surface area is 125 Å². The Balaban J connectivity index is 2.63. The van der Waals surface area contributed by atoms with Gasteiger partial charge in [0.25, 0.3) is 0 Å². The molecule has 0 heterocycles. The van der Waals surface area contributed by atoms with E-state index in [0.717, 1.165) is 18.4 Å². The number of carbonyl (C=O) groups excluding carboxylic acids is 1. The number of benzene rings is 1. The van der Waals surface area contributed by atoms with Crippen LogP contribution < -0.4 is 0 Å². The Bertz CT molecular complexity index is 447. The predicted molar refractivity (Wildman–Crippen MR) is 80.0 cm³/mol. The van der Waals surface area contributed by atoms with E-state index >= 15 is 0 Å². The molecule has 1 N–H and O–H groups in total. The van der Waals surface area contributed by atoms with Crippen LogP contribution in [0, 0.1) is 0 Å². The average Bonchev–Trinajstić information content (AvgIpc) is 2.49. The molecule has 1 aromatic rings. The van der Waals surface area contributed by atoms with Crippen LogP contribution >= 0.6 is 0 Å². The zero-order chi connectivity index (χ0) is 15.7. The summed E-state index contributed by atoms with van der Waals surface area (Å²) in [6.45, 7) is 4.21. The molecular formula is C16H23NO4. The van der Waals surface area contributed by atoms with E-state index in [4.69, 9.17) is 4.74 Å². The molecule has 1 atom stereocenters. The third kappa shape index (κ3) is 5.45. The highest BCUT2D eigenvalue weighted by molar-refractivity contribution is 5.80. The lowest BCUT2D eigenvalue weighted by Gasteiger charge is -2.27. The van der Waals surface area contributed by atoms with Crippen molar-refractivity contribution in [2.24, 2.45) is 0 Å². The minimum Gasteiger partial charge on any atom is -0.480 e. The van der Waals surface area contributed by atoms with E-state index in [-0.39, 0.29) is 6.61 Å². The fourth-order valence-corrected chi connectivity index (χ4v) is 2.09. The molecule has 116 valence electrons. The second-order valence-electron chi connectivity index (χ2n) is 4.82. The van der Waals surface area contributed by atoms with Crippen molar-refractivity contribution in [3.8, 4) is 0 Å². The number of amides is 1. The molecule has 5 heteroatoms. The van der Waals surface area contributed by atoms with E-state index in [9.17, 15) is 14.7 Å². The fourth-order valence-electron chi connectivity index (χ4n) is 2.09. The van der Waals surface area contributed by atoms with Crippen molar-refractivity contribution in [2.45, 2.75) is 45.8 Å². The molecule has 1 aromatic carbocycles. The Morgan fingerprint density at radius 3 is 2.43 bits per heavy atom. The highest BCUT2D eigenvalue weighted by atomic mass is 16.6. The van der Waals surface area contributed by atoms with Crippen LogP contribution in [0.3, 0.4) is 0 Å². The molecule has 0 spiro atoms. The van der Waals surface area contributed by atoms with Gasteiger partial charge in [-0.1, -0.05) is 50.1 Å². The van der Waals surface area contributed by atoms with Gasteiger partial charge in [-0.3, -0.25) is 4.90 Å². The van der Waals surface area contributed by atoms with Crippen LogP contribution in [0.4, 0.5) is 4.79 Å². The number of likely N-dealkylation sites (N-methyl/N-ethyl adjacent to an activating group) is 1. The molecule has 0 aliphatic carbocycles. The maximum Gasteiger partial charge on any atom is 0.410 e.